The lowest BCUT2D eigenvalue weighted by Gasteiger charge is -2.11. The molecular weight excluding hydrogens is 244 g/mol. The van der Waals surface area contributed by atoms with E-state index in [2.05, 4.69) is 42.9 Å². The second-order valence-electron chi connectivity index (χ2n) is 4.53. The summed E-state index contributed by atoms with van der Waals surface area (Å²) in [7, 11) is 0. The number of hydrogen-bond donors (Lipinski definition) is 0. The van der Waals surface area contributed by atoms with E-state index in [4.69, 9.17) is 11.6 Å². The van der Waals surface area contributed by atoms with Gasteiger partial charge in [-0.2, -0.15) is 0 Å². The fourth-order valence-electron chi connectivity index (χ4n) is 2.16. The van der Waals surface area contributed by atoms with E-state index in [1.54, 1.807) is 0 Å². The van der Waals surface area contributed by atoms with Crippen molar-refractivity contribution < 1.29 is 0 Å². The SMILES string of the molecule is CCc1nc(-c2c(C)cccc2C)nc(Cl)c1C. The summed E-state index contributed by atoms with van der Waals surface area (Å²) < 4.78 is 0. The van der Waals surface area contributed by atoms with Crippen LogP contribution in [-0.4, -0.2) is 9.97 Å². The van der Waals surface area contributed by atoms with Crippen LogP contribution in [0.15, 0.2) is 18.2 Å². The first-order valence-electron chi connectivity index (χ1n) is 6.14. The molecule has 2 rings (SSSR count). The van der Waals surface area contributed by atoms with Gasteiger partial charge in [-0.15, -0.1) is 0 Å². The Morgan fingerprint density at radius 1 is 1.06 bits per heavy atom. The zero-order chi connectivity index (χ0) is 13.3. The molecule has 3 heteroatoms. The fourth-order valence-corrected chi connectivity index (χ4v) is 2.34. The van der Waals surface area contributed by atoms with Crippen molar-refractivity contribution in [1.29, 1.82) is 0 Å². The Balaban J connectivity index is 2.68. The molecule has 0 saturated carbocycles. The first kappa shape index (κ1) is 13.0. The largest absolute Gasteiger partial charge is 0.233 e. The lowest BCUT2D eigenvalue weighted by Crippen LogP contribution is -2.01. The van der Waals surface area contributed by atoms with E-state index in [-0.39, 0.29) is 0 Å². The van der Waals surface area contributed by atoms with Crippen LogP contribution in [0.1, 0.15) is 29.3 Å². The molecule has 0 fully saturated rings. The molecule has 0 aliphatic rings. The van der Waals surface area contributed by atoms with E-state index in [1.807, 2.05) is 13.0 Å². The van der Waals surface area contributed by atoms with Crippen molar-refractivity contribution in [3.63, 3.8) is 0 Å². The van der Waals surface area contributed by atoms with Gasteiger partial charge in [-0.1, -0.05) is 36.7 Å². The number of halogens is 1. The quantitative estimate of drug-likeness (QED) is 0.753. The van der Waals surface area contributed by atoms with E-state index in [1.165, 1.54) is 11.1 Å². The van der Waals surface area contributed by atoms with Crippen molar-refractivity contribution in [2.45, 2.75) is 34.1 Å². The number of benzene rings is 1. The molecule has 1 aromatic heterocycles. The molecule has 0 bridgehead atoms. The number of rotatable bonds is 2. The van der Waals surface area contributed by atoms with E-state index in [0.717, 1.165) is 29.1 Å². The number of aryl methyl sites for hydroxylation is 3. The van der Waals surface area contributed by atoms with Crippen LogP contribution in [-0.2, 0) is 6.42 Å². The molecule has 0 aliphatic heterocycles. The molecule has 0 radical (unpaired) electrons. The average molecular weight is 261 g/mol. The molecule has 94 valence electrons. The number of nitrogens with zero attached hydrogens (tertiary/aromatic N) is 2. The Bertz CT molecular complexity index is 571. The molecule has 0 N–H and O–H groups in total. The summed E-state index contributed by atoms with van der Waals surface area (Å²) in [6, 6.07) is 6.20. The summed E-state index contributed by atoms with van der Waals surface area (Å²) >= 11 is 6.20. The molecule has 0 amide bonds. The highest BCUT2D eigenvalue weighted by Crippen LogP contribution is 2.27. The van der Waals surface area contributed by atoms with Gasteiger partial charge < -0.3 is 0 Å². The fraction of sp³-hybridized carbons (Fsp3) is 0.333. The van der Waals surface area contributed by atoms with Crippen molar-refractivity contribution in [3.8, 4) is 11.4 Å². The Hall–Kier alpha value is -1.41. The summed E-state index contributed by atoms with van der Waals surface area (Å²) in [6.45, 7) is 8.20. The predicted molar refractivity (Wildman–Crippen MR) is 76.1 cm³/mol. The van der Waals surface area contributed by atoms with Gasteiger partial charge in [0.2, 0.25) is 0 Å². The van der Waals surface area contributed by atoms with Crippen molar-refractivity contribution >= 4 is 11.6 Å². The Labute approximate surface area is 113 Å². The molecule has 1 heterocycles. The van der Waals surface area contributed by atoms with Gasteiger partial charge in [-0.05, 0) is 38.3 Å². The van der Waals surface area contributed by atoms with Crippen LogP contribution < -0.4 is 0 Å². The highest BCUT2D eigenvalue weighted by molar-refractivity contribution is 6.30. The van der Waals surface area contributed by atoms with Crippen molar-refractivity contribution in [1.82, 2.24) is 9.97 Å². The van der Waals surface area contributed by atoms with E-state index < -0.39 is 0 Å². The predicted octanol–water partition coefficient (Wildman–Crippen LogP) is 4.28. The van der Waals surface area contributed by atoms with Crippen LogP contribution in [0.2, 0.25) is 5.15 Å². The maximum atomic E-state index is 6.20. The summed E-state index contributed by atoms with van der Waals surface area (Å²) in [5.74, 6) is 0.734. The summed E-state index contributed by atoms with van der Waals surface area (Å²) in [6.07, 6.45) is 0.867. The van der Waals surface area contributed by atoms with Gasteiger partial charge in [0, 0.05) is 16.8 Å². The molecule has 0 aliphatic carbocycles. The minimum absolute atomic E-state index is 0.555. The van der Waals surface area contributed by atoms with Gasteiger partial charge in [0.15, 0.2) is 5.82 Å². The van der Waals surface area contributed by atoms with Crippen LogP contribution in [0.25, 0.3) is 11.4 Å². The van der Waals surface area contributed by atoms with Gasteiger partial charge in [-0.3, -0.25) is 0 Å². The first-order chi connectivity index (χ1) is 8.54. The molecule has 18 heavy (non-hydrogen) atoms. The second kappa shape index (κ2) is 5.07. The topological polar surface area (TPSA) is 25.8 Å². The van der Waals surface area contributed by atoms with E-state index in [0.29, 0.717) is 5.15 Å². The van der Waals surface area contributed by atoms with Crippen LogP contribution in [0.4, 0.5) is 0 Å². The first-order valence-corrected chi connectivity index (χ1v) is 6.52. The molecule has 0 saturated heterocycles. The molecule has 2 aromatic rings. The normalized spacial score (nSPS) is 10.7. The van der Waals surface area contributed by atoms with Crippen LogP contribution >= 0.6 is 11.6 Å². The monoisotopic (exact) mass is 260 g/mol. The van der Waals surface area contributed by atoms with Gasteiger partial charge in [0.05, 0.1) is 0 Å². The Morgan fingerprint density at radius 3 is 2.22 bits per heavy atom. The highest BCUT2D eigenvalue weighted by atomic mass is 35.5. The van der Waals surface area contributed by atoms with Gasteiger partial charge in [-0.25, -0.2) is 9.97 Å². The number of aromatic nitrogens is 2. The zero-order valence-electron chi connectivity index (χ0n) is 11.2. The van der Waals surface area contributed by atoms with Crippen molar-refractivity contribution in [2.75, 3.05) is 0 Å². The maximum absolute atomic E-state index is 6.20. The molecule has 0 atom stereocenters. The van der Waals surface area contributed by atoms with Gasteiger partial charge >= 0.3 is 0 Å². The lowest BCUT2D eigenvalue weighted by molar-refractivity contribution is 0.974. The smallest absolute Gasteiger partial charge is 0.161 e. The van der Waals surface area contributed by atoms with Gasteiger partial charge in [0.25, 0.3) is 0 Å². The van der Waals surface area contributed by atoms with E-state index >= 15 is 0 Å². The molecule has 0 unspecified atom stereocenters. The van der Waals surface area contributed by atoms with E-state index in [9.17, 15) is 0 Å². The van der Waals surface area contributed by atoms with Crippen LogP contribution in [0, 0.1) is 20.8 Å². The van der Waals surface area contributed by atoms with Gasteiger partial charge in [0.1, 0.15) is 5.15 Å². The Kier molecular flexibility index (Phi) is 3.67. The van der Waals surface area contributed by atoms with Crippen molar-refractivity contribution in [3.05, 3.63) is 45.7 Å². The van der Waals surface area contributed by atoms with Crippen LogP contribution in [0.5, 0.6) is 0 Å². The third-order valence-corrected chi connectivity index (χ3v) is 3.59. The summed E-state index contributed by atoms with van der Waals surface area (Å²) in [5.41, 5.74) is 5.45. The third-order valence-electron chi connectivity index (χ3n) is 3.23. The van der Waals surface area contributed by atoms with Crippen molar-refractivity contribution in [2.24, 2.45) is 0 Å². The van der Waals surface area contributed by atoms with Crippen LogP contribution in [0.3, 0.4) is 0 Å². The molecule has 2 nitrogen and oxygen atoms in total. The summed E-state index contributed by atoms with van der Waals surface area (Å²) in [5, 5.41) is 0.555. The standard InChI is InChI=1S/C15H17ClN2/c1-5-12-11(4)14(16)18-15(17-12)13-9(2)7-6-8-10(13)3/h6-8H,5H2,1-4H3. The maximum Gasteiger partial charge on any atom is 0.161 e. The lowest BCUT2D eigenvalue weighted by atomic mass is 10.0. The average Bonchev–Trinajstić information content (AvgIpc) is 2.33. The molecule has 0 spiro atoms. The Morgan fingerprint density at radius 2 is 1.67 bits per heavy atom. The highest BCUT2D eigenvalue weighted by Gasteiger charge is 2.13. The second-order valence-corrected chi connectivity index (χ2v) is 4.89. The minimum atomic E-state index is 0.555. The summed E-state index contributed by atoms with van der Waals surface area (Å²) in [4.78, 5) is 9.08. The molecular formula is C15H17ClN2. The number of hydrogen-bond acceptors (Lipinski definition) is 2. The minimum Gasteiger partial charge on any atom is -0.233 e. The zero-order valence-corrected chi connectivity index (χ0v) is 12.0. The molecule has 1 aromatic carbocycles. The third kappa shape index (κ3) is 2.25.